The molecule has 0 saturated heterocycles. The van der Waals surface area contributed by atoms with Crippen molar-refractivity contribution in [1.29, 1.82) is 0 Å². The summed E-state index contributed by atoms with van der Waals surface area (Å²) in [5, 5.41) is 2.23. The number of rotatable bonds is 4. The molecule has 0 atom stereocenters. The molecule has 0 fully saturated rings. The van der Waals surface area contributed by atoms with Gasteiger partial charge in [-0.1, -0.05) is 28.1 Å². The van der Waals surface area contributed by atoms with Gasteiger partial charge in [-0.3, -0.25) is 9.59 Å². The van der Waals surface area contributed by atoms with Gasteiger partial charge in [-0.05, 0) is 42.0 Å². The molecule has 1 heterocycles. The second kappa shape index (κ2) is 7.61. The third-order valence-corrected chi connectivity index (χ3v) is 4.24. The molecule has 0 aliphatic rings. The van der Waals surface area contributed by atoms with Crippen LogP contribution in [0.4, 0.5) is 14.5 Å². The first-order valence-corrected chi connectivity index (χ1v) is 8.43. The van der Waals surface area contributed by atoms with Gasteiger partial charge < -0.3 is 9.88 Å². The van der Waals surface area contributed by atoms with Crippen LogP contribution in [0.3, 0.4) is 0 Å². The highest BCUT2D eigenvalue weighted by Gasteiger charge is 2.15. The summed E-state index contributed by atoms with van der Waals surface area (Å²) in [7, 11) is 0. The molecule has 132 valence electrons. The van der Waals surface area contributed by atoms with Crippen LogP contribution in [0.25, 0.3) is 0 Å². The fourth-order valence-corrected chi connectivity index (χ4v) is 2.67. The number of carbonyl (C=O) groups excluding carboxylic acids is 1. The number of hydrogen-bond acceptors (Lipinski definition) is 2. The molecule has 0 radical (unpaired) electrons. The molecular weight excluding hydrogens is 406 g/mol. The van der Waals surface area contributed by atoms with Gasteiger partial charge in [-0.25, -0.2) is 8.78 Å². The summed E-state index contributed by atoms with van der Waals surface area (Å²) < 4.78 is 29.2. The number of carbonyl (C=O) groups is 1. The molecule has 3 rings (SSSR count). The fraction of sp³-hybridized carbons (Fsp3) is 0.0526. The molecule has 2 aromatic carbocycles. The number of nitrogens with zero attached hydrogens (tertiary/aromatic N) is 1. The third-order valence-electron chi connectivity index (χ3n) is 3.71. The van der Waals surface area contributed by atoms with Crippen molar-refractivity contribution in [3.8, 4) is 0 Å². The number of amides is 1. The van der Waals surface area contributed by atoms with Crippen LogP contribution in [-0.4, -0.2) is 10.5 Å². The fourth-order valence-electron chi connectivity index (χ4n) is 2.40. The summed E-state index contributed by atoms with van der Waals surface area (Å²) in [6.45, 7) is 0.279. The lowest BCUT2D eigenvalue weighted by Crippen LogP contribution is -2.29. The van der Waals surface area contributed by atoms with Gasteiger partial charge in [0.15, 0.2) is 0 Å². The van der Waals surface area contributed by atoms with Crippen molar-refractivity contribution < 1.29 is 13.6 Å². The summed E-state index contributed by atoms with van der Waals surface area (Å²) >= 11 is 3.34. The minimum Gasteiger partial charge on any atom is -0.319 e. The van der Waals surface area contributed by atoms with E-state index in [0.29, 0.717) is 0 Å². The van der Waals surface area contributed by atoms with E-state index in [2.05, 4.69) is 21.2 Å². The van der Waals surface area contributed by atoms with Gasteiger partial charge in [0.1, 0.15) is 17.2 Å². The summed E-state index contributed by atoms with van der Waals surface area (Å²) in [6, 6.07) is 13.0. The first kappa shape index (κ1) is 18.0. The summed E-state index contributed by atoms with van der Waals surface area (Å²) in [5.74, 6) is -2.28. The normalized spacial score (nSPS) is 10.6. The van der Waals surface area contributed by atoms with Crippen molar-refractivity contribution in [2.24, 2.45) is 0 Å². The van der Waals surface area contributed by atoms with Gasteiger partial charge in [0.2, 0.25) is 0 Å². The second-order valence-electron chi connectivity index (χ2n) is 5.56. The molecule has 0 aliphatic heterocycles. The molecule has 26 heavy (non-hydrogen) atoms. The molecule has 4 nitrogen and oxygen atoms in total. The Balaban J connectivity index is 1.86. The van der Waals surface area contributed by atoms with Crippen LogP contribution in [0.1, 0.15) is 15.9 Å². The zero-order chi connectivity index (χ0) is 18.7. The van der Waals surface area contributed by atoms with E-state index in [-0.39, 0.29) is 17.8 Å². The Labute approximate surface area is 156 Å². The lowest BCUT2D eigenvalue weighted by Gasteiger charge is -2.10. The number of anilines is 1. The largest absolute Gasteiger partial charge is 0.319 e. The van der Waals surface area contributed by atoms with Crippen molar-refractivity contribution in [3.05, 3.63) is 98.4 Å². The summed E-state index contributed by atoms with van der Waals surface area (Å²) in [6.07, 6.45) is 1.56. The first-order valence-electron chi connectivity index (χ1n) is 7.64. The van der Waals surface area contributed by atoms with Gasteiger partial charge in [0.25, 0.3) is 11.5 Å². The Bertz CT molecular complexity index is 1020. The number of benzene rings is 2. The van der Waals surface area contributed by atoms with Crippen LogP contribution in [-0.2, 0) is 6.54 Å². The van der Waals surface area contributed by atoms with Gasteiger partial charge >= 0.3 is 0 Å². The molecule has 0 aliphatic carbocycles. The van der Waals surface area contributed by atoms with Gasteiger partial charge in [-0.2, -0.15) is 0 Å². The number of aromatic nitrogens is 1. The molecule has 7 heteroatoms. The van der Waals surface area contributed by atoms with Gasteiger partial charge in [0, 0.05) is 16.7 Å². The average Bonchev–Trinajstić information content (AvgIpc) is 2.62. The lowest BCUT2D eigenvalue weighted by molar-refractivity contribution is 0.102. The van der Waals surface area contributed by atoms with Crippen LogP contribution in [0.2, 0.25) is 0 Å². The van der Waals surface area contributed by atoms with Crippen molar-refractivity contribution in [3.63, 3.8) is 0 Å². The Morgan fingerprint density at radius 2 is 1.81 bits per heavy atom. The third kappa shape index (κ3) is 4.05. The topological polar surface area (TPSA) is 51.1 Å². The van der Waals surface area contributed by atoms with Crippen molar-refractivity contribution >= 4 is 27.5 Å². The molecular formula is C19H13BrF2N2O2. The van der Waals surface area contributed by atoms with Crippen LogP contribution in [0, 0.1) is 11.6 Å². The SMILES string of the molecule is O=C(Nc1cc(F)ccc1F)c1cccn(Cc2ccc(Br)cc2)c1=O. The van der Waals surface area contributed by atoms with Crippen molar-refractivity contribution in [2.75, 3.05) is 5.32 Å². The highest BCUT2D eigenvalue weighted by molar-refractivity contribution is 9.10. The zero-order valence-electron chi connectivity index (χ0n) is 13.4. The summed E-state index contributed by atoms with van der Waals surface area (Å²) in [4.78, 5) is 24.9. The molecule has 3 aromatic rings. The number of pyridine rings is 1. The summed E-state index contributed by atoms with van der Waals surface area (Å²) in [5.41, 5.74) is -0.125. The van der Waals surface area contributed by atoms with Gasteiger partial charge in [0.05, 0.1) is 12.2 Å². The quantitative estimate of drug-likeness (QED) is 0.690. The lowest BCUT2D eigenvalue weighted by atomic mass is 10.2. The van der Waals surface area contributed by atoms with E-state index in [4.69, 9.17) is 0 Å². The standard InChI is InChI=1S/C19H13BrF2N2O2/c20-13-5-3-12(4-6-13)11-24-9-1-2-15(19(24)26)18(25)23-17-10-14(21)7-8-16(17)22/h1-10H,11H2,(H,23,25). The zero-order valence-corrected chi connectivity index (χ0v) is 15.0. The predicted octanol–water partition coefficient (Wildman–Crippen LogP) is 4.19. The maximum Gasteiger partial charge on any atom is 0.263 e. The first-order chi connectivity index (χ1) is 12.4. The van der Waals surface area contributed by atoms with Crippen molar-refractivity contribution in [2.45, 2.75) is 6.54 Å². The van der Waals surface area contributed by atoms with Crippen LogP contribution in [0.15, 0.2) is 70.1 Å². The Kier molecular flexibility index (Phi) is 5.27. The smallest absolute Gasteiger partial charge is 0.263 e. The second-order valence-corrected chi connectivity index (χ2v) is 6.48. The molecule has 0 saturated carbocycles. The van der Waals surface area contributed by atoms with Crippen LogP contribution >= 0.6 is 15.9 Å². The molecule has 0 spiro atoms. The molecule has 1 amide bonds. The Hall–Kier alpha value is -2.80. The molecule has 0 bridgehead atoms. The Morgan fingerprint density at radius 3 is 2.54 bits per heavy atom. The van der Waals surface area contributed by atoms with E-state index < -0.39 is 23.1 Å². The Morgan fingerprint density at radius 1 is 1.08 bits per heavy atom. The van der Waals surface area contributed by atoms with Crippen LogP contribution < -0.4 is 10.9 Å². The minimum atomic E-state index is -0.801. The number of hydrogen-bond donors (Lipinski definition) is 1. The van der Waals surface area contributed by atoms with E-state index in [0.717, 1.165) is 28.2 Å². The average molecular weight is 419 g/mol. The maximum atomic E-state index is 13.7. The minimum absolute atomic E-state index is 0.159. The van der Waals surface area contributed by atoms with E-state index in [1.165, 1.54) is 10.6 Å². The monoisotopic (exact) mass is 418 g/mol. The number of halogens is 3. The highest BCUT2D eigenvalue weighted by atomic mass is 79.9. The maximum absolute atomic E-state index is 13.7. The van der Waals surface area contributed by atoms with E-state index >= 15 is 0 Å². The van der Waals surface area contributed by atoms with Crippen LogP contribution in [0.5, 0.6) is 0 Å². The molecule has 0 unspecified atom stereocenters. The highest BCUT2D eigenvalue weighted by Crippen LogP contribution is 2.16. The molecule has 1 N–H and O–H groups in total. The predicted molar refractivity (Wildman–Crippen MR) is 98.3 cm³/mol. The van der Waals surface area contributed by atoms with E-state index in [9.17, 15) is 18.4 Å². The van der Waals surface area contributed by atoms with Gasteiger partial charge in [-0.15, -0.1) is 0 Å². The van der Waals surface area contributed by atoms with E-state index in [1.54, 1.807) is 12.3 Å². The molecule has 1 aromatic heterocycles. The van der Waals surface area contributed by atoms with Crippen molar-refractivity contribution in [1.82, 2.24) is 4.57 Å². The number of nitrogens with one attached hydrogen (secondary N) is 1. The van der Waals surface area contributed by atoms with E-state index in [1.807, 2.05) is 24.3 Å².